The Morgan fingerprint density at radius 2 is 1.76 bits per heavy atom. The molecule has 1 heterocycles. The van der Waals surface area contributed by atoms with Crippen molar-refractivity contribution in [1.29, 1.82) is 0 Å². The Labute approximate surface area is 126 Å². The summed E-state index contributed by atoms with van der Waals surface area (Å²) < 4.78 is 22.4. The van der Waals surface area contributed by atoms with Gasteiger partial charge in [-0.15, -0.1) is 0 Å². The van der Waals surface area contributed by atoms with Crippen molar-refractivity contribution in [3.05, 3.63) is 48.0 Å². The molecule has 0 aliphatic carbocycles. The van der Waals surface area contributed by atoms with Gasteiger partial charge >= 0.3 is 0 Å². The molecule has 3 rings (SSSR count). The van der Waals surface area contributed by atoms with Crippen molar-refractivity contribution in [3.63, 3.8) is 0 Å². The van der Waals surface area contributed by atoms with Gasteiger partial charge in [0.25, 0.3) is 0 Å². The average Bonchev–Trinajstić information content (AvgIpc) is 2.53. The molecule has 0 saturated heterocycles. The van der Waals surface area contributed by atoms with Crippen molar-refractivity contribution >= 4 is 16.5 Å². The number of benzene rings is 2. The predicted octanol–water partition coefficient (Wildman–Crippen LogP) is 2.81. The summed E-state index contributed by atoms with van der Waals surface area (Å²) in [7, 11) is -0.937. The van der Waals surface area contributed by atoms with E-state index in [0.29, 0.717) is 19.8 Å². The molecule has 1 aliphatic rings. The highest BCUT2D eigenvalue weighted by Crippen LogP contribution is 2.30. The van der Waals surface area contributed by atoms with Crippen LogP contribution < -0.4 is 14.8 Å². The molecule has 2 aromatic carbocycles. The first-order chi connectivity index (χ1) is 10.2. The lowest BCUT2D eigenvalue weighted by Crippen LogP contribution is -2.15. The van der Waals surface area contributed by atoms with Gasteiger partial charge in [0.2, 0.25) is 0 Å². The van der Waals surface area contributed by atoms with Crippen LogP contribution in [0.25, 0.3) is 0 Å². The third-order valence-corrected chi connectivity index (χ3v) is 4.23. The first-order valence-corrected chi connectivity index (χ1v) is 8.34. The third-order valence-electron chi connectivity index (χ3n) is 3.29. The van der Waals surface area contributed by atoms with E-state index in [1.165, 1.54) is 0 Å². The minimum absolute atomic E-state index is 0.597. The van der Waals surface area contributed by atoms with Crippen molar-refractivity contribution < 1.29 is 13.7 Å². The molecular weight excluding hydrogens is 286 g/mol. The average molecular weight is 303 g/mol. The van der Waals surface area contributed by atoms with E-state index in [-0.39, 0.29) is 0 Å². The fourth-order valence-corrected chi connectivity index (χ4v) is 2.69. The van der Waals surface area contributed by atoms with Crippen molar-refractivity contribution in [1.82, 2.24) is 0 Å². The zero-order valence-electron chi connectivity index (χ0n) is 11.8. The van der Waals surface area contributed by atoms with Gasteiger partial charge < -0.3 is 14.8 Å². The summed E-state index contributed by atoms with van der Waals surface area (Å²) in [6.07, 6.45) is 1.68. The lowest BCUT2D eigenvalue weighted by Gasteiger charge is -2.19. The molecule has 0 fully saturated rings. The number of ether oxygens (including phenoxy) is 2. The molecule has 110 valence electrons. The van der Waals surface area contributed by atoms with Gasteiger partial charge in [-0.05, 0) is 42.0 Å². The Morgan fingerprint density at radius 3 is 2.48 bits per heavy atom. The second kappa shape index (κ2) is 6.18. The van der Waals surface area contributed by atoms with Crippen LogP contribution in [0, 0.1) is 0 Å². The van der Waals surface area contributed by atoms with Crippen LogP contribution in [0.1, 0.15) is 5.56 Å². The maximum Gasteiger partial charge on any atom is 0.161 e. The summed E-state index contributed by atoms with van der Waals surface area (Å²) in [4.78, 5) is 0.833. The first-order valence-electron chi connectivity index (χ1n) is 6.78. The highest BCUT2D eigenvalue weighted by molar-refractivity contribution is 7.84. The molecule has 1 aliphatic heterocycles. The molecule has 0 saturated carbocycles. The van der Waals surface area contributed by atoms with Crippen LogP contribution in [0.5, 0.6) is 11.5 Å². The van der Waals surface area contributed by atoms with E-state index >= 15 is 0 Å². The number of hydrogen-bond acceptors (Lipinski definition) is 4. The van der Waals surface area contributed by atoms with Gasteiger partial charge in [-0.25, -0.2) is 0 Å². The summed E-state index contributed by atoms with van der Waals surface area (Å²) in [5, 5.41) is 3.34. The van der Waals surface area contributed by atoms with Gasteiger partial charge in [0.05, 0.1) is 0 Å². The SMILES string of the molecule is C[S@@](=O)c1ccc(NCc2ccc3c(c2)OCCO3)cc1. The number of rotatable bonds is 4. The number of nitrogens with one attached hydrogen (secondary N) is 1. The first kappa shape index (κ1) is 13.9. The summed E-state index contributed by atoms with van der Waals surface area (Å²) in [5.74, 6) is 1.61. The van der Waals surface area contributed by atoms with Crippen molar-refractivity contribution in [2.24, 2.45) is 0 Å². The summed E-state index contributed by atoms with van der Waals surface area (Å²) in [5.41, 5.74) is 2.13. The molecule has 1 N–H and O–H groups in total. The number of fused-ring (bicyclic) bond motifs is 1. The summed E-state index contributed by atoms with van der Waals surface area (Å²) >= 11 is 0. The molecule has 0 amide bonds. The lowest BCUT2D eigenvalue weighted by molar-refractivity contribution is 0.171. The van der Waals surface area contributed by atoms with Crippen LogP contribution in [-0.4, -0.2) is 23.7 Å². The molecule has 5 heteroatoms. The van der Waals surface area contributed by atoms with Crippen LogP contribution in [0.15, 0.2) is 47.4 Å². The smallest absolute Gasteiger partial charge is 0.161 e. The largest absolute Gasteiger partial charge is 0.486 e. The molecule has 2 aromatic rings. The zero-order chi connectivity index (χ0) is 14.7. The van der Waals surface area contributed by atoms with Gasteiger partial charge in [0.1, 0.15) is 13.2 Å². The van der Waals surface area contributed by atoms with E-state index in [2.05, 4.69) is 5.32 Å². The predicted molar refractivity (Wildman–Crippen MR) is 83.5 cm³/mol. The maximum absolute atomic E-state index is 11.3. The fourth-order valence-electron chi connectivity index (χ4n) is 2.17. The van der Waals surface area contributed by atoms with Crippen LogP contribution >= 0.6 is 0 Å². The minimum atomic E-state index is -0.937. The minimum Gasteiger partial charge on any atom is -0.486 e. The lowest BCUT2D eigenvalue weighted by atomic mass is 10.2. The standard InChI is InChI=1S/C16H17NO3S/c1-21(18)14-5-3-13(4-6-14)17-11-12-2-7-15-16(10-12)20-9-8-19-15/h2-7,10,17H,8-9,11H2,1H3/t21-/m1/s1. The molecule has 21 heavy (non-hydrogen) atoms. The van der Waals surface area contributed by atoms with Crippen LogP contribution in [0.2, 0.25) is 0 Å². The van der Waals surface area contributed by atoms with Gasteiger partial charge in [0, 0.05) is 34.2 Å². The highest BCUT2D eigenvalue weighted by Gasteiger charge is 2.11. The Morgan fingerprint density at radius 1 is 1.05 bits per heavy atom. The van der Waals surface area contributed by atoms with Gasteiger partial charge in [0.15, 0.2) is 11.5 Å². The number of hydrogen-bond donors (Lipinski definition) is 1. The highest BCUT2D eigenvalue weighted by atomic mass is 32.2. The molecule has 1 atom stereocenters. The van der Waals surface area contributed by atoms with E-state index in [4.69, 9.17) is 9.47 Å². The van der Waals surface area contributed by atoms with Crippen LogP contribution in [0.4, 0.5) is 5.69 Å². The third kappa shape index (κ3) is 3.36. The molecule has 0 unspecified atom stereocenters. The van der Waals surface area contributed by atoms with Crippen molar-refractivity contribution in [2.75, 3.05) is 24.8 Å². The Kier molecular flexibility index (Phi) is 4.10. The monoisotopic (exact) mass is 303 g/mol. The van der Waals surface area contributed by atoms with Gasteiger partial charge in [-0.3, -0.25) is 4.21 Å². The van der Waals surface area contributed by atoms with Gasteiger partial charge in [-0.2, -0.15) is 0 Å². The van der Waals surface area contributed by atoms with Gasteiger partial charge in [-0.1, -0.05) is 6.07 Å². The summed E-state index contributed by atoms with van der Waals surface area (Å²) in [6, 6.07) is 13.6. The van der Waals surface area contributed by atoms with Crippen LogP contribution in [0.3, 0.4) is 0 Å². The molecular formula is C16H17NO3S. The molecule has 4 nitrogen and oxygen atoms in total. The zero-order valence-corrected chi connectivity index (χ0v) is 12.6. The molecule has 0 spiro atoms. The summed E-state index contributed by atoms with van der Waals surface area (Å²) in [6.45, 7) is 1.90. The Bertz CT molecular complexity index is 655. The quantitative estimate of drug-likeness (QED) is 0.943. The topological polar surface area (TPSA) is 47.6 Å². The fraction of sp³-hybridized carbons (Fsp3) is 0.250. The molecule has 0 aromatic heterocycles. The van der Waals surface area contributed by atoms with Crippen LogP contribution in [-0.2, 0) is 17.3 Å². The maximum atomic E-state index is 11.3. The van der Waals surface area contributed by atoms with E-state index in [0.717, 1.165) is 27.6 Å². The van der Waals surface area contributed by atoms with E-state index in [1.807, 2.05) is 42.5 Å². The second-order valence-corrected chi connectivity index (χ2v) is 6.19. The van der Waals surface area contributed by atoms with E-state index < -0.39 is 10.8 Å². The normalized spacial score (nSPS) is 14.5. The van der Waals surface area contributed by atoms with Crippen molar-refractivity contribution in [2.45, 2.75) is 11.4 Å². The Balaban J connectivity index is 1.65. The molecule has 0 radical (unpaired) electrons. The van der Waals surface area contributed by atoms with Crippen molar-refractivity contribution in [3.8, 4) is 11.5 Å². The number of anilines is 1. The molecule has 0 bridgehead atoms. The Hall–Kier alpha value is -2.01. The van der Waals surface area contributed by atoms with E-state index in [9.17, 15) is 4.21 Å². The second-order valence-electron chi connectivity index (χ2n) is 4.81. The van der Waals surface area contributed by atoms with E-state index in [1.54, 1.807) is 6.26 Å².